The van der Waals surface area contributed by atoms with Gasteiger partial charge in [-0.2, -0.15) is 0 Å². The van der Waals surface area contributed by atoms with Crippen molar-refractivity contribution in [3.05, 3.63) is 65.5 Å². The smallest absolute Gasteiger partial charge is 0.208 e. The number of benzene rings is 2. The van der Waals surface area contributed by atoms with Crippen LogP contribution in [0.3, 0.4) is 0 Å². The molecule has 1 heterocycles. The normalized spacial score (nSPS) is 10.9. The minimum atomic E-state index is -0.277. The lowest BCUT2D eigenvalue weighted by Crippen LogP contribution is -2.01. The minimum Gasteiger partial charge on any atom is -0.502 e. The molecule has 3 aromatic rings. The Morgan fingerprint density at radius 1 is 1.11 bits per heavy atom. The number of para-hydroxylation sites is 1. The van der Waals surface area contributed by atoms with Gasteiger partial charge in [-0.25, -0.2) is 4.68 Å². The second kappa shape index (κ2) is 7.74. The number of aromatic hydroxyl groups is 1. The summed E-state index contributed by atoms with van der Waals surface area (Å²) in [5.41, 5.74) is 2.39. The molecule has 3 rings (SSSR count). The lowest BCUT2D eigenvalue weighted by molar-refractivity contribution is 0.104. The maximum atomic E-state index is 12.5. The number of aromatic nitrogens is 3. The first-order valence-electron chi connectivity index (χ1n) is 8.20. The molecule has 7 nitrogen and oxygen atoms in total. The molecular formula is C20H19N3O4. The zero-order valence-corrected chi connectivity index (χ0v) is 15.2. The lowest BCUT2D eigenvalue weighted by atomic mass is 10.1. The predicted molar refractivity (Wildman–Crippen MR) is 101 cm³/mol. The van der Waals surface area contributed by atoms with Crippen LogP contribution in [0.4, 0.5) is 0 Å². The Bertz CT molecular complexity index is 969. The van der Waals surface area contributed by atoms with Crippen molar-refractivity contribution >= 4 is 11.9 Å². The highest BCUT2D eigenvalue weighted by atomic mass is 16.5. The molecule has 138 valence electrons. The van der Waals surface area contributed by atoms with Crippen LogP contribution in [-0.2, 0) is 0 Å². The van der Waals surface area contributed by atoms with E-state index < -0.39 is 0 Å². The number of carbonyl (C=O) groups excluding carboxylic acids is 1. The highest BCUT2D eigenvalue weighted by molar-refractivity contribution is 6.06. The van der Waals surface area contributed by atoms with Crippen LogP contribution in [0.25, 0.3) is 11.8 Å². The van der Waals surface area contributed by atoms with Gasteiger partial charge >= 0.3 is 0 Å². The van der Waals surface area contributed by atoms with Crippen LogP contribution in [0.15, 0.2) is 48.5 Å². The van der Waals surface area contributed by atoms with Gasteiger partial charge in [0, 0.05) is 0 Å². The van der Waals surface area contributed by atoms with Gasteiger partial charge in [0.2, 0.25) is 11.5 Å². The van der Waals surface area contributed by atoms with Crippen molar-refractivity contribution < 1.29 is 19.4 Å². The molecule has 0 aliphatic heterocycles. The number of rotatable bonds is 6. The molecule has 7 heteroatoms. The summed E-state index contributed by atoms with van der Waals surface area (Å²) in [6.07, 6.45) is 3.01. The Labute approximate surface area is 156 Å². The molecule has 0 spiro atoms. The largest absolute Gasteiger partial charge is 0.502 e. The van der Waals surface area contributed by atoms with Gasteiger partial charge in [-0.15, -0.1) is 5.10 Å². The van der Waals surface area contributed by atoms with Crippen molar-refractivity contribution in [2.75, 3.05) is 14.2 Å². The van der Waals surface area contributed by atoms with E-state index >= 15 is 0 Å². The third-order valence-corrected chi connectivity index (χ3v) is 4.06. The molecule has 0 radical (unpaired) electrons. The fourth-order valence-electron chi connectivity index (χ4n) is 2.63. The topological polar surface area (TPSA) is 86.5 Å². The molecule has 0 saturated heterocycles. The highest BCUT2D eigenvalue weighted by Gasteiger charge is 2.15. The van der Waals surface area contributed by atoms with E-state index in [9.17, 15) is 9.90 Å². The van der Waals surface area contributed by atoms with Gasteiger partial charge in [0.25, 0.3) is 0 Å². The summed E-state index contributed by atoms with van der Waals surface area (Å²) in [6.45, 7) is 1.79. The number of nitrogens with zero attached hydrogens (tertiary/aromatic N) is 3. The van der Waals surface area contributed by atoms with E-state index in [0.717, 1.165) is 5.69 Å². The summed E-state index contributed by atoms with van der Waals surface area (Å²) in [7, 11) is 2.89. The van der Waals surface area contributed by atoms with Crippen LogP contribution in [0.5, 0.6) is 17.2 Å². The molecule has 0 bridgehead atoms. The third-order valence-electron chi connectivity index (χ3n) is 4.06. The molecule has 1 N–H and O–H groups in total. The van der Waals surface area contributed by atoms with E-state index in [2.05, 4.69) is 10.3 Å². The summed E-state index contributed by atoms with van der Waals surface area (Å²) in [6, 6.07) is 12.7. The SMILES string of the molecule is COc1cc(C=CC(=O)c2nnn(-c3ccccc3)c2C)cc(OC)c1O. The highest BCUT2D eigenvalue weighted by Crippen LogP contribution is 2.37. The first kappa shape index (κ1) is 18.2. The van der Waals surface area contributed by atoms with E-state index in [4.69, 9.17) is 9.47 Å². The van der Waals surface area contributed by atoms with E-state index in [0.29, 0.717) is 11.3 Å². The van der Waals surface area contributed by atoms with Crippen molar-refractivity contribution in [3.8, 4) is 22.9 Å². The van der Waals surface area contributed by atoms with E-state index in [1.165, 1.54) is 20.3 Å². The van der Waals surface area contributed by atoms with Gasteiger partial charge in [-0.05, 0) is 42.8 Å². The van der Waals surface area contributed by atoms with Crippen molar-refractivity contribution in [1.82, 2.24) is 15.0 Å². The molecule has 0 aliphatic rings. The summed E-state index contributed by atoms with van der Waals surface area (Å²) in [4.78, 5) is 12.5. The second-order valence-electron chi connectivity index (χ2n) is 5.74. The molecule has 0 amide bonds. The summed E-state index contributed by atoms with van der Waals surface area (Å²) < 4.78 is 11.9. The fraction of sp³-hybridized carbons (Fsp3) is 0.150. The van der Waals surface area contributed by atoms with Gasteiger partial charge < -0.3 is 14.6 Å². The van der Waals surface area contributed by atoms with Crippen molar-refractivity contribution in [3.63, 3.8) is 0 Å². The summed E-state index contributed by atoms with van der Waals surface area (Å²) in [5, 5.41) is 18.0. The van der Waals surface area contributed by atoms with Crippen LogP contribution >= 0.6 is 0 Å². The van der Waals surface area contributed by atoms with Gasteiger partial charge in [0.1, 0.15) is 0 Å². The van der Waals surface area contributed by atoms with Gasteiger partial charge in [-0.1, -0.05) is 29.5 Å². The number of ketones is 1. The number of hydrogen-bond acceptors (Lipinski definition) is 6. The molecular weight excluding hydrogens is 346 g/mol. The Kier molecular flexibility index (Phi) is 5.21. The molecule has 0 unspecified atom stereocenters. The summed E-state index contributed by atoms with van der Waals surface area (Å²) >= 11 is 0. The first-order chi connectivity index (χ1) is 13.0. The minimum absolute atomic E-state index is 0.0925. The second-order valence-corrected chi connectivity index (χ2v) is 5.74. The van der Waals surface area contributed by atoms with Crippen LogP contribution in [0.2, 0.25) is 0 Å². The Morgan fingerprint density at radius 3 is 2.33 bits per heavy atom. The number of phenols is 1. The van der Waals surface area contributed by atoms with Gasteiger partial charge in [-0.3, -0.25) is 4.79 Å². The average molecular weight is 365 g/mol. The molecule has 0 fully saturated rings. The molecule has 0 atom stereocenters. The Hall–Kier alpha value is -3.61. The van der Waals surface area contributed by atoms with E-state index in [1.54, 1.807) is 29.8 Å². The fourth-order valence-corrected chi connectivity index (χ4v) is 2.63. The molecule has 0 aliphatic carbocycles. The quantitative estimate of drug-likeness (QED) is 0.533. The standard InChI is InChI=1S/C20H19N3O4/c1-13-19(21-22-23(13)15-7-5-4-6-8-15)16(24)10-9-14-11-17(26-2)20(25)18(12-14)27-3/h4-12,25H,1-3H3. The first-order valence-corrected chi connectivity index (χ1v) is 8.20. The Balaban J connectivity index is 1.87. The number of ether oxygens (including phenoxy) is 2. The summed E-state index contributed by atoms with van der Waals surface area (Å²) in [5.74, 6) is 0.145. The van der Waals surface area contributed by atoms with Crippen LogP contribution in [0, 0.1) is 6.92 Å². The van der Waals surface area contributed by atoms with Crippen LogP contribution in [-0.4, -0.2) is 40.1 Å². The average Bonchev–Trinajstić information content (AvgIpc) is 3.09. The van der Waals surface area contributed by atoms with Crippen molar-refractivity contribution in [1.29, 1.82) is 0 Å². The van der Waals surface area contributed by atoms with E-state index in [1.807, 2.05) is 30.3 Å². The van der Waals surface area contributed by atoms with Crippen LogP contribution < -0.4 is 9.47 Å². The zero-order chi connectivity index (χ0) is 19.4. The number of hydrogen-bond donors (Lipinski definition) is 1. The van der Waals surface area contributed by atoms with Crippen molar-refractivity contribution in [2.24, 2.45) is 0 Å². The number of carbonyl (C=O) groups is 1. The zero-order valence-electron chi connectivity index (χ0n) is 15.2. The molecule has 27 heavy (non-hydrogen) atoms. The molecule has 1 aromatic heterocycles. The maximum absolute atomic E-state index is 12.5. The van der Waals surface area contributed by atoms with Gasteiger partial charge in [0.05, 0.1) is 25.6 Å². The monoisotopic (exact) mass is 365 g/mol. The van der Waals surface area contributed by atoms with E-state index in [-0.39, 0.29) is 28.7 Å². The maximum Gasteiger partial charge on any atom is 0.208 e. The Morgan fingerprint density at radius 2 is 1.74 bits per heavy atom. The third kappa shape index (κ3) is 3.67. The molecule has 2 aromatic carbocycles. The lowest BCUT2D eigenvalue weighted by Gasteiger charge is -2.09. The molecule has 0 saturated carbocycles. The van der Waals surface area contributed by atoms with Crippen LogP contribution in [0.1, 0.15) is 21.7 Å². The number of methoxy groups -OCH3 is 2. The van der Waals surface area contributed by atoms with Crippen molar-refractivity contribution in [2.45, 2.75) is 6.92 Å². The predicted octanol–water partition coefficient (Wildman–Crippen LogP) is 3.19. The number of allylic oxidation sites excluding steroid dienone is 1. The number of phenolic OH excluding ortho intramolecular Hbond substituents is 1. The van der Waals surface area contributed by atoms with Gasteiger partial charge in [0.15, 0.2) is 17.2 Å².